The molecule has 1 aromatic carbocycles. The van der Waals surface area contributed by atoms with E-state index in [0.717, 1.165) is 25.4 Å². The van der Waals surface area contributed by atoms with Gasteiger partial charge in [-0.2, -0.15) is 0 Å². The fourth-order valence-corrected chi connectivity index (χ4v) is 4.09. The van der Waals surface area contributed by atoms with E-state index in [1.807, 2.05) is 4.90 Å². The lowest BCUT2D eigenvalue weighted by Crippen LogP contribution is -2.44. The molecule has 3 amide bonds. The number of methoxy groups -OCH3 is 1. The van der Waals surface area contributed by atoms with Crippen molar-refractivity contribution < 1.29 is 14.3 Å². The highest BCUT2D eigenvalue weighted by Gasteiger charge is 2.33. The van der Waals surface area contributed by atoms with Gasteiger partial charge < -0.3 is 20.3 Å². The number of hydrogen-bond acceptors (Lipinski definition) is 3. The van der Waals surface area contributed by atoms with Crippen LogP contribution in [0.25, 0.3) is 0 Å². The summed E-state index contributed by atoms with van der Waals surface area (Å²) in [6.45, 7) is 1.67. The second-order valence-electron chi connectivity index (χ2n) is 6.96. The van der Waals surface area contributed by atoms with Crippen LogP contribution in [0.1, 0.15) is 42.5 Å². The molecule has 6 heteroatoms. The van der Waals surface area contributed by atoms with Crippen LogP contribution in [0.15, 0.2) is 18.2 Å². The van der Waals surface area contributed by atoms with Crippen molar-refractivity contribution in [2.75, 3.05) is 32.6 Å². The largest absolute Gasteiger partial charge is 0.496 e. The number of rotatable bonds is 3. The molecular weight excluding hydrogens is 318 g/mol. The number of anilines is 1. The fourth-order valence-electron chi connectivity index (χ4n) is 4.09. The zero-order valence-corrected chi connectivity index (χ0v) is 15.0. The van der Waals surface area contributed by atoms with Crippen molar-refractivity contribution in [3.8, 4) is 5.75 Å². The highest BCUT2D eigenvalue weighted by Crippen LogP contribution is 2.37. The smallest absolute Gasteiger partial charge is 0.318 e. The number of likely N-dealkylation sites (tertiary alicyclic amines) is 1. The Morgan fingerprint density at radius 2 is 1.92 bits per heavy atom. The standard InChI is InChI=1S/C19H27N3O3/c1-20-19(24)21-15-7-8-16(17(11-15)25-2)18(23)22-10-9-13-5-3-4-6-14(13)12-22/h7-8,11,13-14H,3-6,9-10,12H2,1-2H3,(H2,20,21,24)/t13-,14?/m1/s1. The van der Waals surface area contributed by atoms with Crippen molar-refractivity contribution in [3.05, 3.63) is 23.8 Å². The van der Waals surface area contributed by atoms with Crippen LogP contribution in [-0.2, 0) is 0 Å². The summed E-state index contributed by atoms with van der Waals surface area (Å²) in [5, 5.41) is 5.19. The monoisotopic (exact) mass is 345 g/mol. The molecule has 2 N–H and O–H groups in total. The van der Waals surface area contributed by atoms with Gasteiger partial charge in [-0.3, -0.25) is 4.79 Å². The average Bonchev–Trinajstić information content (AvgIpc) is 2.66. The molecule has 0 aromatic heterocycles. The molecule has 1 heterocycles. The van der Waals surface area contributed by atoms with E-state index in [4.69, 9.17) is 4.74 Å². The van der Waals surface area contributed by atoms with Crippen LogP contribution in [0, 0.1) is 11.8 Å². The van der Waals surface area contributed by atoms with Gasteiger partial charge in [-0.05, 0) is 36.8 Å². The van der Waals surface area contributed by atoms with Gasteiger partial charge in [0.2, 0.25) is 0 Å². The molecule has 1 aromatic rings. The van der Waals surface area contributed by atoms with Crippen LogP contribution < -0.4 is 15.4 Å². The Morgan fingerprint density at radius 3 is 2.64 bits per heavy atom. The number of benzene rings is 1. The highest BCUT2D eigenvalue weighted by molar-refractivity contribution is 5.98. The Bertz CT molecular complexity index is 647. The van der Waals surface area contributed by atoms with Crippen LogP contribution in [0.2, 0.25) is 0 Å². The summed E-state index contributed by atoms with van der Waals surface area (Å²) < 4.78 is 5.40. The molecule has 0 bridgehead atoms. The van der Waals surface area contributed by atoms with Gasteiger partial charge in [0.05, 0.1) is 12.7 Å². The van der Waals surface area contributed by atoms with Crippen molar-refractivity contribution in [2.24, 2.45) is 11.8 Å². The second-order valence-corrected chi connectivity index (χ2v) is 6.96. The molecule has 1 aliphatic carbocycles. The quantitative estimate of drug-likeness (QED) is 0.884. The van der Waals surface area contributed by atoms with Gasteiger partial charge in [-0.15, -0.1) is 0 Å². The summed E-state index contributed by atoms with van der Waals surface area (Å²) in [5.74, 6) is 1.95. The van der Waals surface area contributed by atoms with Gasteiger partial charge in [0.25, 0.3) is 5.91 Å². The number of nitrogens with one attached hydrogen (secondary N) is 2. The zero-order chi connectivity index (χ0) is 17.8. The molecule has 0 radical (unpaired) electrons. The van der Waals surface area contributed by atoms with Crippen LogP contribution in [-0.4, -0.2) is 44.1 Å². The Kier molecular flexibility index (Phi) is 5.46. The normalized spacial score (nSPS) is 22.7. The van der Waals surface area contributed by atoms with E-state index in [-0.39, 0.29) is 11.9 Å². The average molecular weight is 345 g/mol. The van der Waals surface area contributed by atoms with Crippen LogP contribution in [0.5, 0.6) is 5.75 Å². The van der Waals surface area contributed by atoms with Crippen LogP contribution in [0.4, 0.5) is 10.5 Å². The van der Waals surface area contributed by atoms with Crippen LogP contribution >= 0.6 is 0 Å². The second kappa shape index (κ2) is 7.76. The minimum Gasteiger partial charge on any atom is -0.496 e. The van der Waals surface area contributed by atoms with E-state index in [1.165, 1.54) is 25.7 Å². The first-order chi connectivity index (χ1) is 12.1. The summed E-state index contributed by atoms with van der Waals surface area (Å²) >= 11 is 0. The fraction of sp³-hybridized carbons (Fsp3) is 0.579. The van der Waals surface area contributed by atoms with Gasteiger partial charge in [-0.1, -0.05) is 19.3 Å². The summed E-state index contributed by atoms with van der Waals surface area (Å²) in [5.41, 5.74) is 1.15. The van der Waals surface area contributed by atoms with Crippen molar-refractivity contribution in [2.45, 2.75) is 32.1 Å². The molecule has 25 heavy (non-hydrogen) atoms. The molecule has 1 saturated heterocycles. The van der Waals surface area contributed by atoms with Crippen molar-refractivity contribution in [3.63, 3.8) is 0 Å². The topological polar surface area (TPSA) is 70.7 Å². The number of carbonyl (C=O) groups is 2. The minimum atomic E-state index is -0.305. The molecule has 1 saturated carbocycles. The summed E-state index contributed by atoms with van der Waals surface area (Å²) in [6, 6.07) is 4.86. The van der Waals surface area contributed by atoms with Gasteiger partial charge >= 0.3 is 6.03 Å². The molecule has 3 rings (SSSR count). The Labute approximate surface area is 148 Å². The molecule has 2 fully saturated rings. The van der Waals surface area contributed by atoms with Gasteiger partial charge in [0, 0.05) is 31.9 Å². The molecule has 6 nitrogen and oxygen atoms in total. The number of piperidine rings is 1. The first-order valence-corrected chi connectivity index (χ1v) is 9.08. The predicted molar refractivity (Wildman–Crippen MR) is 97.0 cm³/mol. The number of urea groups is 1. The number of ether oxygens (including phenoxy) is 1. The summed E-state index contributed by atoms with van der Waals surface area (Å²) in [7, 11) is 3.10. The molecule has 1 unspecified atom stereocenters. The lowest BCUT2D eigenvalue weighted by molar-refractivity contribution is 0.0518. The Morgan fingerprint density at radius 1 is 1.16 bits per heavy atom. The minimum absolute atomic E-state index is 0.0207. The Hall–Kier alpha value is -2.24. The van der Waals surface area contributed by atoms with Gasteiger partial charge in [0.1, 0.15) is 5.75 Å². The molecule has 1 aliphatic heterocycles. The summed E-state index contributed by atoms with van der Waals surface area (Å²) in [6.07, 6.45) is 6.28. The molecule has 2 aliphatic rings. The van der Waals surface area contributed by atoms with E-state index in [1.54, 1.807) is 32.4 Å². The number of carbonyl (C=O) groups excluding carboxylic acids is 2. The maximum atomic E-state index is 13.0. The third-order valence-electron chi connectivity index (χ3n) is 5.50. The third-order valence-corrected chi connectivity index (χ3v) is 5.50. The number of amides is 3. The first kappa shape index (κ1) is 17.6. The lowest BCUT2D eigenvalue weighted by Gasteiger charge is -2.41. The SMILES string of the molecule is CNC(=O)Nc1ccc(C(=O)N2CC[C@H]3CCCCC3C2)c(OC)c1. The van der Waals surface area contributed by atoms with E-state index in [2.05, 4.69) is 10.6 Å². The van der Waals surface area contributed by atoms with E-state index in [9.17, 15) is 9.59 Å². The predicted octanol–water partition coefficient (Wildman–Crippen LogP) is 3.10. The van der Waals surface area contributed by atoms with Crippen molar-refractivity contribution in [1.29, 1.82) is 0 Å². The maximum Gasteiger partial charge on any atom is 0.318 e. The zero-order valence-electron chi connectivity index (χ0n) is 15.0. The highest BCUT2D eigenvalue weighted by atomic mass is 16.5. The van der Waals surface area contributed by atoms with E-state index < -0.39 is 0 Å². The van der Waals surface area contributed by atoms with E-state index >= 15 is 0 Å². The summed E-state index contributed by atoms with van der Waals surface area (Å²) in [4.78, 5) is 26.4. The van der Waals surface area contributed by atoms with Crippen molar-refractivity contribution >= 4 is 17.6 Å². The third kappa shape index (κ3) is 3.89. The number of fused-ring (bicyclic) bond motifs is 1. The maximum absolute atomic E-state index is 13.0. The molecular formula is C19H27N3O3. The number of nitrogens with zero attached hydrogens (tertiary/aromatic N) is 1. The van der Waals surface area contributed by atoms with Gasteiger partial charge in [-0.25, -0.2) is 4.79 Å². The Balaban J connectivity index is 1.74. The van der Waals surface area contributed by atoms with Crippen molar-refractivity contribution in [1.82, 2.24) is 10.2 Å². The lowest BCUT2D eigenvalue weighted by atomic mass is 9.75. The van der Waals surface area contributed by atoms with Gasteiger partial charge in [0.15, 0.2) is 0 Å². The molecule has 0 spiro atoms. The van der Waals surface area contributed by atoms with Crippen LogP contribution in [0.3, 0.4) is 0 Å². The first-order valence-electron chi connectivity index (χ1n) is 9.08. The number of hydrogen-bond donors (Lipinski definition) is 2. The van der Waals surface area contributed by atoms with E-state index in [0.29, 0.717) is 22.9 Å². The molecule has 2 atom stereocenters. The molecule has 136 valence electrons.